The third-order valence-corrected chi connectivity index (χ3v) is 4.34. The van der Waals surface area contributed by atoms with Gasteiger partial charge in [-0.3, -0.25) is 0 Å². The SMILES string of the molecule is CC[C@H](CO)NCc1ccc(S(=O)(=O)N(C)C)o1. The molecule has 2 N–H and O–H groups in total. The summed E-state index contributed by atoms with van der Waals surface area (Å²) in [5, 5.41) is 12.0. The van der Waals surface area contributed by atoms with Crippen LogP contribution in [0.3, 0.4) is 0 Å². The molecule has 0 aromatic carbocycles. The number of furan rings is 1. The number of aliphatic hydroxyl groups excluding tert-OH is 1. The van der Waals surface area contributed by atoms with Crippen molar-refractivity contribution in [2.75, 3.05) is 20.7 Å². The Hall–Kier alpha value is -0.890. The van der Waals surface area contributed by atoms with E-state index < -0.39 is 10.0 Å². The molecule has 1 heterocycles. The van der Waals surface area contributed by atoms with E-state index in [9.17, 15) is 8.42 Å². The number of hydrogen-bond donors (Lipinski definition) is 2. The van der Waals surface area contributed by atoms with Gasteiger partial charge in [-0.15, -0.1) is 0 Å². The van der Waals surface area contributed by atoms with Crippen molar-refractivity contribution in [3.63, 3.8) is 0 Å². The number of nitrogens with one attached hydrogen (secondary N) is 1. The molecule has 0 amide bonds. The highest BCUT2D eigenvalue weighted by atomic mass is 32.2. The topological polar surface area (TPSA) is 82.8 Å². The van der Waals surface area contributed by atoms with Crippen molar-refractivity contribution in [2.24, 2.45) is 0 Å². The molecule has 0 saturated heterocycles. The van der Waals surface area contributed by atoms with Crippen molar-refractivity contribution in [1.29, 1.82) is 0 Å². The maximum atomic E-state index is 11.8. The molecule has 1 atom stereocenters. The van der Waals surface area contributed by atoms with Crippen LogP contribution < -0.4 is 5.32 Å². The molecule has 0 radical (unpaired) electrons. The van der Waals surface area contributed by atoms with Crippen LogP contribution in [0.15, 0.2) is 21.6 Å². The van der Waals surface area contributed by atoms with Gasteiger partial charge in [0.2, 0.25) is 5.09 Å². The van der Waals surface area contributed by atoms with Crippen molar-refractivity contribution in [2.45, 2.75) is 31.0 Å². The lowest BCUT2D eigenvalue weighted by Crippen LogP contribution is -2.31. The Labute approximate surface area is 108 Å². The smallest absolute Gasteiger partial charge is 0.275 e. The number of hydrogen-bond acceptors (Lipinski definition) is 5. The molecule has 0 aliphatic carbocycles. The van der Waals surface area contributed by atoms with Crippen LogP contribution in [0, 0.1) is 0 Å². The van der Waals surface area contributed by atoms with Crippen molar-refractivity contribution in [1.82, 2.24) is 9.62 Å². The minimum atomic E-state index is -3.52. The van der Waals surface area contributed by atoms with E-state index in [0.29, 0.717) is 12.3 Å². The standard InChI is InChI=1S/C11H20N2O4S/c1-4-9(8-14)12-7-10-5-6-11(17-10)18(15,16)13(2)3/h5-6,9,12,14H,4,7-8H2,1-3H3/t9-/m1/s1. The summed E-state index contributed by atoms with van der Waals surface area (Å²) in [6.45, 7) is 2.39. The van der Waals surface area contributed by atoms with Gasteiger partial charge in [-0.1, -0.05) is 6.92 Å². The van der Waals surface area contributed by atoms with Gasteiger partial charge in [0.1, 0.15) is 5.76 Å². The molecule has 1 aromatic rings. The molecule has 0 unspecified atom stereocenters. The fourth-order valence-electron chi connectivity index (χ4n) is 1.35. The van der Waals surface area contributed by atoms with Crippen LogP contribution in [0.2, 0.25) is 0 Å². The summed E-state index contributed by atoms with van der Waals surface area (Å²) in [6.07, 6.45) is 0.792. The molecule has 0 saturated carbocycles. The van der Waals surface area contributed by atoms with Gasteiger partial charge in [0.05, 0.1) is 13.2 Å². The first-order valence-corrected chi connectivity index (χ1v) is 7.21. The Morgan fingerprint density at radius 1 is 1.44 bits per heavy atom. The van der Waals surface area contributed by atoms with E-state index in [2.05, 4.69) is 5.32 Å². The van der Waals surface area contributed by atoms with E-state index in [1.54, 1.807) is 6.07 Å². The first-order chi connectivity index (χ1) is 8.41. The zero-order valence-corrected chi connectivity index (χ0v) is 11.7. The van der Waals surface area contributed by atoms with Gasteiger partial charge in [0, 0.05) is 20.1 Å². The van der Waals surface area contributed by atoms with E-state index in [4.69, 9.17) is 9.52 Å². The number of aliphatic hydroxyl groups is 1. The number of rotatable bonds is 7. The summed E-state index contributed by atoms with van der Waals surface area (Å²) in [6, 6.07) is 3.05. The van der Waals surface area contributed by atoms with Crippen LogP contribution in [-0.4, -0.2) is 44.6 Å². The molecule has 7 heteroatoms. The predicted molar refractivity (Wildman–Crippen MR) is 67.6 cm³/mol. The Morgan fingerprint density at radius 2 is 2.11 bits per heavy atom. The normalized spacial score (nSPS) is 14.1. The van der Waals surface area contributed by atoms with Gasteiger partial charge in [0.15, 0.2) is 0 Å². The summed E-state index contributed by atoms with van der Waals surface area (Å²) in [7, 11) is -0.610. The van der Waals surface area contributed by atoms with Crippen molar-refractivity contribution in [3.05, 3.63) is 17.9 Å². The van der Waals surface area contributed by atoms with Crippen LogP contribution in [0.1, 0.15) is 19.1 Å². The summed E-state index contributed by atoms with van der Waals surface area (Å²) in [5.74, 6) is 0.530. The highest BCUT2D eigenvalue weighted by molar-refractivity contribution is 7.88. The van der Waals surface area contributed by atoms with E-state index in [1.165, 1.54) is 20.2 Å². The molecule has 18 heavy (non-hydrogen) atoms. The van der Waals surface area contributed by atoms with Gasteiger partial charge in [-0.25, -0.2) is 12.7 Å². The van der Waals surface area contributed by atoms with Gasteiger partial charge in [-0.05, 0) is 18.6 Å². The maximum Gasteiger partial charge on any atom is 0.275 e. The Morgan fingerprint density at radius 3 is 2.61 bits per heavy atom. The van der Waals surface area contributed by atoms with Crippen LogP contribution in [0.4, 0.5) is 0 Å². The molecule has 1 aromatic heterocycles. The summed E-state index contributed by atoms with van der Waals surface area (Å²) < 4.78 is 29.9. The second kappa shape index (κ2) is 6.33. The Kier molecular flexibility index (Phi) is 5.33. The zero-order chi connectivity index (χ0) is 13.8. The summed E-state index contributed by atoms with van der Waals surface area (Å²) in [5.41, 5.74) is 0. The lowest BCUT2D eigenvalue weighted by molar-refractivity contribution is 0.234. The molecule has 104 valence electrons. The van der Waals surface area contributed by atoms with Gasteiger partial charge in [-0.2, -0.15) is 0 Å². The quantitative estimate of drug-likeness (QED) is 0.753. The van der Waals surface area contributed by atoms with Crippen LogP contribution in [0.25, 0.3) is 0 Å². The molecule has 0 fully saturated rings. The number of sulfonamides is 1. The van der Waals surface area contributed by atoms with Crippen molar-refractivity contribution < 1.29 is 17.9 Å². The molecule has 1 rings (SSSR count). The second-order valence-electron chi connectivity index (χ2n) is 4.18. The average molecular weight is 276 g/mol. The molecule has 0 bridgehead atoms. The largest absolute Gasteiger partial charge is 0.447 e. The number of nitrogens with zero attached hydrogens (tertiary/aromatic N) is 1. The van der Waals surface area contributed by atoms with Crippen molar-refractivity contribution >= 4 is 10.0 Å². The zero-order valence-electron chi connectivity index (χ0n) is 10.9. The van der Waals surface area contributed by atoms with E-state index in [1.807, 2.05) is 6.92 Å². The molecule has 0 aliphatic heterocycles. The average Bonchev–Trinajstić information content (AvgIpc) is 2.79. The highest BCUT2D eigenvalue weighted by Crippen LogP contribution is 2.16. The fraction of sp³-hybridized carbons (Fsp3) is 0.636. The molecule has 0 aliphatic rings. The molecular weight excluding hydrogens is 256 g/mol. The van der Waals surface area contributed by atoms with Gasteiger partial charge < -0.3 is 14.8 Å². The minimum Gasteiger partial charge on any atom is -0.447 e. The monoisotopic (exact) mass is 276 g/mol. The van der Waals surface area contributed by atoms with Crippen LogP contribution in [0.5, 0.6) is 0 Å². The van der Waals surface area contributed by atoms with Gasteiger partial charge >= 0.3 is 0 Å². The highest BCUT2D eigenvalue weighted by Gasteiger charge is 2.21. The summed E-state index contributed by atoms with van der Waals surface area (Å²) >= 11 is 0. The summed E-state index contributed by atoms with van der Waals surface area (Å²) in [4.78, 5) is 0. The molecular formula is C11H20N2O4S. The van der Waals surface area contributed by atoms with Crippen molar-refractivity contribution in [3.8, 4) is 0 Å². The fourth-order valence-corrected chi connectivity index (χ4v) is 2.17. The Balaban J connectivity index is 2.70. The third kappa shape index (κ3) is 3.55. The lowest BCUT2D eigenvalue weighted by atomic mass is 10.2. The molecule has 0 spiro atoms. The molecule has 6 nitrogen and oxygen atoms in total. The van der Waals surface area contributed by atoms with E-state index in [0.717, 1.165) is 10.7 Å². The van der Waals surface area contributed by atoms with Crippen LogP contribution >= 0.6 is 0 Å². The first-order valence-electron chi connectivity index (χ1n) is 5.77. The minimum absolute atomic E-state index is 0.0102. The van der Waals surface area contributed by atoms with E-state index >= 15 is 0 Å². The van der Waals surface area contributed by atoms with E-state index in [-0.39, 0.29) is 17.7 Å². The Bertz CT molecular complexity index is 463. The van der Waals surface area contributed by atoms with Crippen LogP contribution in [-0.2, 0) is 16.6 Å². The second-order valence-corrected chi connectivity index (χ2v) is 6.26. The van der Waals surface area contributed by atoms with Gasteiger partial charge in [0.25, 0.3) is 10.0 Å². The third-order valence-electron chi connectivity index (χ3n) is 2.65. The maximum absolute atomic E-state index is 11.8. The first kappa shape index (κ1) is 15.2. The predicted octanol–water partition coefficient (Wildman–Crippen LogP) is 0.390. The lowest BCUT2D eigenvalue weighted by Gasteiger charge is -2.12.